The van der Waals surface area contributed by atoms with Crippen LogP contribution in [0.5, 0.6) is 0 Å². The highest BCUT2D eigenvalue weighted by atomic mass is 16.6. The third-order valence-corrected chi connectivity index (χ3v) is 4.10. The number of hydrazone groups is 1. The molecular formula is C19H20N4O2. The Bertz CT molecular complexity index is 766. The zero-order valence-corrected chi connectivity index (χ0v) is 13.9. The summed E-state index contributed by atoms with van der Waals surface area (Å²) in [6, 6.07) is 17.0. The predicted octanol–water partition coefficient (Wildman–Crippen LogP) is 3.42. The first-order chi connectivity index (χ1) is 12.2. The van der Waals surface area contributed by atoms with Crippen LogP contribution in [0.2, 0.25) is 0 Å². The summed E-state index contributed by atoms with van der Waals surface area (Å²) in [5, 5.41) is 17.4. The molecule has 0 spiro atoms. The zero-order chi connectivity index (χ0) is 17.5. The summed E-state index contributed by atoms with van der Waals surface area (Å²) in [5.41, 5.74) is 1.92. The molecule has 0 aliphatic carbocycles. The monoisotopic (exact) mass is 336 g/mol. The van der Waals surface area contributed by atoms with Crippen molar-refractivity contribution in [2.24, 2.45) is 5.10 Å². The van der Waals surface area contributed by atoms with E-state index in [0.29, 0.717) is 5.56 Å². The number of anilines is 1. The summed E-state index contributed by atoms with van der Waals surface area (Å²) in [4.78, 5) is 12.9. The average Bonchev–Trinajstić information content (AvgIpc) is 2.66. The third kappa shape index (κ3) is 4.44. The molecule has 1 saturated heterocycles. The van der Waals surface area contributed by atoms with Crippen molar-refractivity contribution in [2.45, 2.75) is 0 Å². The maximum absolute atomic E-state index is 11.0. The fraction of sp³-hybridized carbons (Fsp3) is 0.211. The van der Waals surface area contributed by atoms with Gasteiger partial charge in [-0.05, 0) is 30.4 Å². The lowest BCUT2D eigenvalue weighted by Crippen LogP contribution is -2.44. The molecule has 6 nitrogen and oxygen atoms in total. The molecule has 0 aromatic heterocycles. The molecule has 0 saturated carbocycles. The lowest BCUT2D eigenvalue weighted by Gasteiger charge is -2.34. The number of nitro benzene ring substituents is 1. The van der Waals surface area contributed by atoms with Crippen LogP contribution in [0.1, 0.15) is 5.56 Å². The second kappa shape index (κ2) is 8.10. The third-order valence-electron chi connectivity index (χ3n) is 4.10. The normalized spacial score (nSPS) is 15.2. The number of rotatable bonds is 5. The summed E-state index contributed by atoms with van der Waals surface area (Å²) >= 11 is 0. The summed E-state index contributed by atoms with van der Waals surface area (Å²) in [5.74, 6) is 0. The number of allylic oxidation sites excluding steroid dienone is 1. The Balaban J connectivity index is 1.53. The minimum Gasteiger partial charge on any atom is -0.368 e. The molecule has 0 unspecified atom stereocenters. The summed E-state index contributed by atoms with van der Waals surface area (Å²) in [6.45, 7) is 3.56. The molecule has 6 heteroatoms. The molecule has 0 bridgehead atoms. The van der Waals surface area contributed by atoms with Gasteiger partial charge in [0.15, 0.2) is 0 Å². The highest BCUT2D eigenvalue weighted by Crippen LogP contribution is 2.19. The van der Waals surface area contributed by atoms with Gasteiger partial charge in [-0.15, -0.1) is 0 Å². The van der Waals surface area contributed by atoms with Gasteiger partial charge in [-0.2, -0.15) is 5.10 Å². The summed E-state index contributed by atoms with van der Waals surface area (Å²) in [6.07, 6.45) is 5.14. The Morgan fingerprint density at radius 1 is 0.960 bits per heavy atom. The lowest BCUT2D eigenvalue weighted by molar-refractivity contribution is -0.385. The SMILES string of the molecule is O=[N+]([O-])c1ccccc1/C=C/C=N/N1CCN(c2ccccc2)CC1. The van der Waals surface area contributed by atoms with Crippen molar-refractivity contribution in [1.29, 1.82) is 0 Å². The average molecular weight is 336 g/mol. The molecule has 1 fully saturated rings. The van der Waals surface area contributed by atoms with Crippen LogP contribution in [0.4, 0.5) is 11.4 Å². The van der Waals surface area contributed by atoms with E-state index < -0.39 is 0 Å². The fourth-order valence-corrected chi connectivity index (χ4v) is 2.78. The molecule has 2 aromatic rings. The predicted molar refractivity (Wildman–Crippen MR) is 101 cm³/mol. The highest BCUT2D eigenvalue weighted by Gasteiger charge is 2.15. The van der Waals surface area contributed by atoms with Gasteiger partial charge in [-0.3, -0.25) is 15.1 Å². The number of para-hydroxylation sites is 2. The molecule has 3 rings (SSSR count). The molecule has 1 aliphatic heterocycles. The summed E-state index contributed by atoms with van der Waals surface area (Å²) in [7, 11) is 0. The van der Waals surface area contributed by atoms with Gasteiger partial charge >= 0.3 is 0 Å². The number of hydrogen-bond acceptors (Lipinski definition) is 5. The van der Waals surface area contributed by atoms with Gasteiger partial charge in [0, 0.05) is 31.1 Å². The Labute approximate surface area is 146 Å². The first-order valence-electron chi connectivity index (χ1n) is 8.23. The molecule has 0 atom stereocenters. The van der Waals surface area contributed by atoms with Gasteiger partial charge in [0.05, 0.1) is 23.6 Å². The highest BCUT2D eigenvalue weighted by molar-refractivity contribution is 5.79. The number of piperazine rings is 1. The molecule has 128 valence electrons. The molecule has 2 aromatic carbocycles. The van der Waals surface area contributed by atoms with Crippen LogP contribution in [0, 0.1) is 10.1 Å². The molecule has 1 aliphatic rings. The maximum atomic E-state index is 11.0. The molecule has 0 radical (unpaired) electrons. The largest absolute Gasteiger partial charge is 0.368 e. The van der Waals surface area contributed by atoms with Crippen LogP contribution in [0.25, 0.3) is 6.08 Å². The molecule has 1 heterocycles. The fourth-order valence-electron chi connectivity index (χ4n) is 2.78. The van der Waals surface area contributed by atoms with Gasteiger partial charge in [0.1, 0.15) is 0 Å². The Kier molecular flexibility index (Phi) is 5.41. The first kappa shape index (κ1) is 16.7. The number of nitro groups is 1. The van der Waals surface area contributed by atoms with Crippen molar-refractivity contribution >= 4 is 23.7 Å². The van der Waals surface area contributed by atoms with Gasteiger partial charge in [-0.1, -0.05) is 30.3 Å². The quantitative estimate of drug-likeness (QED) is 0.477. The van der Waals surface area contributed by atoms with Crippen LogP contribution in [-0.2, 0) is 0 Å². The number of nitrogens with zero attached hydrogens (tertiary/aromatic N) is 4. The van der Waals surface area contributed by atoms with Crippen LogP contribution in [-0.4, -0.2) is 42.3 Å². The second-order valence-electron chi connectivity index (χ2n) is 5.72. The van der Waals surface area contributed by atoms with Gasteiger partial charge in [0.25, 0.3) is 5.69 Å². The molecule has 0 N–H and O–H groups in total. The van der Waals surface area contributed by atoms with E-state index in [1.54, 1.807) is 36.6 Å². The topological polar surface area (TPSA) is 62.0 Å². The van der Waals surface area contributed by atoms with E-state index in [4.69, 9.17) is 0 Å². The van der Waals surface area contributed by atoms with E-state index in [-0.39, 0.29) is 10.6 Å². The van der Waals surface area contributed by atoms with E-state index in [1.807, 2.05) is 23.2 Å². The zero-order valence-electron chi connectivity index (χ0n) is 13.9. The van der Waals surface area contributed by atoms with Gasteiger partial charge < -0.3 is 4.90 Å². The number of hydrogen-bond donors (Lipinski definition) is 0. The van der Waals surface area contributed by atoms with Crippen LogP contribution in [0.3, 0.4) is 0 Å². The molecule has 0 amide bonds. The van der Waals surface area contributed by atoms with E-state index in [9.17, 15) is 10.1 Å². The lowest BCUT2D eigenvalue weighted by atomic mass is 10.1. The maximum Gasteiger partial charge on any atom is 0.276 e. The smallest absolute Gasteiger partial charge is 0.276 e. The second-order valence-corrected chi connectivity index (χ2v) is 5.72. The van der Waals surface area contributed by atoms with Crippen LogP contribution in [0.15, 0.2) is 65.8 Å². The van der Waals surface area contributed by atoms with Crippen molar-refractivity contribution in [3.05, 3.63) is 76.4 Å². The van der Waals surface area contributed by atoms with E-state index in [2.05, 4.69) is 22.1 Å². The summed E-state index contributed by atoms with van der Waals surface area (Å²) < 4.78 is 0. The van der Waals surface area contributed by atoms with Crippen molar-refractivity contribution in [3.63, 3.8) is 0 Å². The van der Waals surface area contributed by atoms with E-state index in [0.717, 1.165) is 26.2 Å². The van der Waals surface area contributed by atoms with Crippen molar-refractivity contribution < 1.29 is 4.92 Å². The van der Waals surface area contributed by atoms with Crippen LogP contribution < -0.4 is 4.90 Å². The van der Waals surface area contributed by atoms with Crippen LogP contribution >= 0.6 is 0 Å². The van der Waals surface area contributed by atoms with Gasteiger partial charge in [-0.25, -0.2) is 0 Å². The minimum atomic E-state index is -0.375. The van der Waals surface area contributed by atoms with E-state index in [1.165, 1.54) is 11.8 Å². The number of benzene rings is 2. The minimum absolute atomic E-state index is 0.101. The first-order valence-corrected chi connectivity index (χ1v) is 8.23. The van der Waals surface area contributed by atoms with Crippen molar-refractivity contribution in [1.82, 2.24) is 5.01 Å². The Morgan fingerprint density at radius 2 is 1.64 bits per heavy atom. The standard InChI is InChI=1S/C19H20N4O2/c24-23(25)19-11-5-4-7-17(19)8-6-12-20-22-15-13-21(14-16-22)18-9-2-1-3-10-18/h1-12H,13-16H2/b8-6+,20-12+. The van der Waals surface area contributed by atoms with Gasteiger partial charge in [0.2, 0.25) is 0 Å². The molecular weight excluding hydrogens is 316 g/mol. The Hall–Kier alpha value is -3.15. The van der Waals surface area contributed by atoms with Crippen molar-refractivity contribution in [2.75, 3.05) is 31.1 Å². The molecule has 25 heavy (non-hydrogen) atoms. The van der Waals surface area contributed by atoms with E-state index >= 15 is 0 Å². The van der Waals surface area contributed by atoms with Crippen molar-refractivity contribution in [3.8, 4) is 0 Å². The Morgan fingerprint density at radius 3 is 2.36 bits per heavy atom.